The number of aryl methyl sites for hydroxylation is 2. The van der Waals surface area contributed by atoms with E-state index in [1.807, 2.05) is 34.7 Å². The third-order valence-corrected chi connectivity index (χ3v) is 2.97. The molecule has 0 aliphatic heterocycles. The van der Waals surface area contributed by atoms with Crippen LogP contribution in [0.4, 0.5) is 5.95 Å². The smallest absolute Gasteiger partial charge is 0.240 e. The first-order valence-corrected chi connectivity index (χ1v) is 6.71. The van der Waals surface area contributed by atoms with Crippen molar-refractivity contribution in [3.8, 4) is 0 Å². The Bertz CT molecular complexity index is 646. The van der Waals surface area contributed by atoms with E-state index in [1.54, 1.807) is 9.25 Å². The minimum atomic E-state index is -0.271. The van der Waals surface area contributed by atoms with Crippen LogP contribution in [-0.2, 0) is 24.8 Å². The van der Waals surface area contributed by atoms with Gasteiger partial charge < -0.3 is 11.1 Å². The van der Waals surface area contributed by atoms with Gasteiger partial charge in [-0.05, 0) is 27.2 Å². The number of hydrogen-bond acceptors (Lipinski definition) is 4. The van der Waals surface area contributed by atoms with Gasteiger partial charge in [0.05, 0.1) is 5.69 Å². The molecule has 0 saturated carbocycles. The molecule has 3 N–H and O–H groups in total. The molecule has 0 aromatic carbocycles. The van der Waals surface area contributed by atoms with Gasteiger partial charge in [-0.15, -0.1) is 0 Å². The fourth-order valence-corrected chi connectivity index (χ4v) is 2.25. The largest absolute Gasteiger partial charge is 0.369 e. The Morgan fingerprint density at radius 2 is 2.05 bits per heavy atom. The number of nitrogens with zero attached hydrogens (tertiary/aromatic N) is 4. The first-order chi connectivity index (χ1) is 9.23. The van der Waals surface area contributed by atoms with Crippen LogP contribution in [-0.4, -0.2) is 30.8 Å². The van der Waals surface area contributed by atoms with Gasteiger partial charge >= 0.3 is 0 Å². The molecule has 2 aromatic heterocycles. The highest BCUT2D eigenvalue weighted by Crippen LogP contribution is 2.21. The number of imidazole rings is 1. The lowest BCUT2D eigenvalue weighted by Gasteiger charge is -2.20. The second-order valence-electron chi connectivity index (χ2n) is 5.95. The first kappa shape index (κ1) is 14.4. The second-order valence-corrected chi connectivity index (χ2v) is 5.95. The molecule has 2 aromatic rings. The predicted octanol–water partition coefficient (Wildman–Crippen LogP) is 0.829. The summed E-state index contributed by atoms with van der Waals surface area (Å²) in [6, 6.07) is 0. The number of nitrogens with two attached hydrogens (primary N) is 1. The van der Waals surface area contributed by atoms with Crippen molar-refractivity contribution < 1.29 is 4.79 Å². The van der Waals surface area contributed by atoms with Gasteiger partial charge in [0.2, 0.25) is 11.9 Å². The zero-order valence-electron chi connectivity index (χ0n) is 12.7. The highest BCUT2D eigenvalue weighted by molar-refractivity contribution is 5.82. The van der Waals surface area contributed by atoms with Crippen LogP contribution >= 0.6 is 0 Å². The van der Waals surface area contributed by atoms with Gasteiger partial charge in [0.1, 0.15) is 12.1 Å². The summed E-state index contributed by atoms with van der Waals surface area (Å²) in [6.07, 6.45) is 0.780. The van der Waals surface area contributed by atoms with Crippen LogP contribution in [0, 0.1) is 0 Å². The van der Waals surface area contributed by atoms with Crippen LogP contribution in [0.5, 0.6) is 0 Å². The Labute approximate surface area is 118 Å². The lowest BCUT2D eigenvalue weighted by Crippen LogP contribution is -2.42. The van der Waals surface area contributed by atoms with E-state index < -0.39 is 0 Å². The average molecular weight is 278 g/mol. The van der Waals surface area contributed by atoms with Crippen LogP contribution in [0.25, 0.3) is 11.2 Å². The number of carbonyl (C=O) groups is 1. The molecule has 1 amide bonds. The van der Waals surface area contributed by atoms with Crippen molar-refractivity contribution in [1.82, 2.24) is 24.6 Å². The lowest BCUT2D eigenvalue weighted by atomic mass is 10.1. The Kier molecular flexibility index (Phi) is 3.45. The zero-order valence-corrected chi connectivity index (χ0v) is 12.7. The fraction of sp³-hybridized carbons (Fsp3) is 0.615. The summed E-state index contributed by atoms with van der Waals surface area (Å²) in [7, 11) is 1.83. The number of carbonyl (C=O) groups excluding carboxylic acids is 1. The molecule has 0 bridgehead atoms. The van der Waals surface area contributed by atoms with Gasteiger partial charge in [-0.3, -0.25) is 14.0 Å². The van der Waals surface area contributed by atoms with Crippen molar-refractivity contribution in [2.75, 3.05) is 5.73 Å². The van der Waals surface area contributed by atoms with E-state index >= 15 is 0 Å². The van der Waals surface area contributed by atoms with E-state index in [9.17, 15) is 4.79 Å². The van der Waals surface area contributed by atoms with Gasteiger partial charge in [0.25, 0.3) is 0 Å². The second kappa shape index (κ2) is 4.81. The van der Waals surface area contributed by atoms with Gasteiger partial charge in [-0.1, -0.05) is 6.92 Å². The number of aromatic nitrogens is 4. The van der Waals surface area contributed by atoms with Crippen LogP contribution in [0.2, 0.25) is 0 Å². The van der Waals surface area contributed by atoms with E-state index in [0.29, 0.717) is 5.95 Å². The molecule has 0 atom stereocenters. The van der Waals surface area contributed by atoms with Crippen molar-refractivity contribution in [2.24, 2.45) is 7.05 Å². The molecule has 0 unspecified atom stereocenters. The third kappa shape index (κ3) is 2.61. The molecule has 7 heteroatoms. The van der Waals surface area contributed by atoms with Crippen molar-refractivity contribution in [3.63, 3.8) is 0 Å². The number of amides is 1. The minimum absolute atomic E-state index is 0.0947. The first-order valence-electron chi connectivity index (χ1n) is 6.71. The summed E-state index contributed by atoms with van der Waals surface area (Å²) in [5.74, 6) is 0.245. The summed E-state index contributed by atoms with van der Waals surface area (Å²) >= 11 is 0. The van der Waals surface area contributed by atoms with Crippen LogP contribution in [0.15, 0.2) is 0 Å². The van der Waals surface area contributed by atoms with Crippen LogP contribution in [0.1, 0.15) is 33.4 Å². The van der Waals surface area contributed by atoms with E-state index in [2.05, 4.69) is 15.4 Å². The lowest BCUT2D eigenvalue weighted by molar-refractivity contribution is -0.123. The fourth-order valence-electron chi connectivity index (χ4n) is 2.25. The van der Waals surface area contributed by atoms with Crippen molar-refractivity contribution in [2.45, 2.75) is 46.2 Å². The normalized spacial score (nSPS) is 12.1. The summed E-state index contributed by atoms with van der Waals surface area (Å²) < 4.78 is 3.42. The quantitative estimate of drug-likeness (QED) is 0.870. The standard InChI is InChI=1S/C13H22N6O/c1-6-8-10-11(18(5)17-8)19(12(14)15-10)7-9(20)16-13(2,3)4/h6-7H2,1-5H3,(H2,14,15)(H,16,20). The summed E-state index contributed by atoms with van der Waals surface area (Å²) in [5.41, 5.74) is 8.11. The molecular formula is C13H22N6O. The highest BCUT2D eigenvalue weighted by atomic mass is 16.2. The predicted molar refractivity (Wildman–Crippen MR) is 78.2 cm³/mol. The number of fused-ring (bicyclic) bond motifs is 1. The molecule has 0 aliphatic carbocycles. The van der Waals surface area contributed by atoms with Crippen LogP contribution in [0.3, 0.4) is 0 Å². The van der Waals surface area contributed by atoms with Crippen LogP contribution < -0.4 is 11.1 Å². The molecule has 110 valence electrons. The molecule has 20 heavy (non-hydrogen) atoms. The molecule has 0 fully saturated rings. The maximum Gasteiger partial charge on any atom is 0.240 e. The average Bonchev–Trinajstić information content (AvgIpc) is 2.76. The van der Waals surface area contributed by atoms with Gasteiger partial charge in [-0.2, -0.15) is 5.10 Å². The number of rotatable bonds is 3. The third-order valence-electron chi connectivity index (χ3n) is 2.97. The van der Waals surface area contributed by atoms with Gasteiger partial charge in [-0.25, -0.2) is 4.98 Å². The topological polar surface area (TPSA) is 90.8 Å². The number of nitrogen functional groups attached to an aromatic ring is 1. The van der Waals surface area contributed by atoms with E-state index in [-0.39, 0.29) is 18.0 Å². The molecule has 2 heterocycles. The summed E-state index contributed by atoms with van der Waals surface area (Å²) in [6.45, 7) is 7.98. The number of hydrogen-bond donors (Lipinski definition) is 2. The number of anilines is 1. The molecule has 0 aliphatic rings. The Hall–Kier alpha value is -2.05. The Morgan fingerprint density at radius 1 is 1.40 bits per heavy atom. The molecular weight excluding hydrogens is 256 g/mol. The van der Waals surface area contributed by atoms with Crippen molar-refractivity contribution in [1.29, 1.82) is 0 Å². The minimum Gasteiger partial charge on any atom is -0.369 e. The van der Waals surface area contributed by atoms with Crippen molar-refractivity contribution >= 4 is 23.0 Å². The molecule has 0 radical (unpaired) electrons. The summed E-state index contributed by atoms with van der Waals surface area (Å²) in [4.78, 5) is 16.4. The van der Waals surface area contributed by atoms with Crippen molar-refractivity contribution in [3.05, 3.63) is 5.69 Å². The molecule has 0 spiro atoms. The maximum atomic E-state index is 12.1. The Morgan fingerprint density at radius 3 is 2.60 bits per heavy atom. The van der Waals surface area contributed by atoms with Gasteiger partial charge in [0.15, 0.2) is 5.65 Å². The monoisotopic (exact) mass is 278 g/mol. The molecule has 0 saturated heterocycles. The SMILES string of the molecule is CCc1nn(C)c2c1nc(N)n2CC(=O)NC(C)(C)C. The highest BCUT2D eigenvalue weighted by Gasteiger charge is 2.20. The van der Waals surface area contributed by atoms with Gasteiger partial charge in [0, 0.05) is 12.6 Å². The van der Waals surface area contributed by atoms with E-state index in [4.69, 9.17) is 5.73 Å². The van der Waals surface area contributed by atoms with E-state index in [1.165, 1.54) is 0 Å². The number of nitrogens with one attached hydrogen (secondary N) is 1. The molecule has 2 rings (SSSR count). The zero-order chi connectivity index (χ0) is 15.1. The van der Waals surface area contributed by atoms with E-state index in [0.717, 1.165) is 23.3 Å². The maximum absolute atomic E-state index is 12.1. The molecule has 7 nitrogen and oxygen atoms in total. The Balaban J connectivity index is 2.37. The summed E-state index contributed by atoms with van der Waals surface area (Å²) in [5, 5.41) is 7.31.